The highest BCUT2D eigenvalue weighted by Crippen LogP contribution is 2.37. The second-order valence-corrected chi connectivity index (χ2v) is 6.79. The van der Waals surface area contributed by atoms with Crippen LogP contribution in [0.2, 0.25) is 0 Å². The number of hydrogen-bond acceptors (Lipinski definition) is 3. The lowest BCUT2D eigenvalue weighted by molar-refractivity contribution is -0.133. The Morgan fingerprint density at radius 2 is 2.00 bits per heavy atom. The third-order valence-electron chi connectivity index (χ3n) is 2.93. The predicted molar refractivity (Wildman–Crippen MR) is 66.5 cm³/mol. The lowest BCUT2D eigenvalue weighted by atomic mass is 10.1. The first kappa shape index (κ1) is 13.1. The first-order valence-electron chi connectivity index (χ1n) is 5.15. The molecule has 0 atom stereocenters. The molecule has 88 valence electrons. The highest BCUT2D eigenvalue weighted by atomic mass is 35.5. The molecule has 2 aliphatic rings. The van der Waals surface area contributed by atoms with Gasteiger partial charge in [0.1, 0.15) is 0 Å². The zero-order valence-corrected chi connectivity index (χ0v) is 10.9. The maximum absolute atomic E-state index is 12.0. The Labute approximate surface area is 102 Å². The van der Waals surface area contributed by atoms with Gasteiger partial charge in [-0.15, -0.1) is 12.4 Å². The summed E-state index contributed by atoms with van der Waals surface area (Å²) in [5.74, 6) is 1.21. The van der Waals surface area contributed by atoms with Crippen molar-refractivity contribution in [2.24, 2.45) is 5.73 Å². The number of nitrogens with two attached hydrogens (primary N) is 1. The first-order chi connectivity index (χ1) is 6.43. The molecule has 2 N–H and O–H groups in total. The summed E-state index contributed by atoms with van der Waals surface area (Å²) in [5, 5.41) is 0. The van der Waals surface area contributed by atoms with E-state index in [0.717, 1.165) is 31.7 Å². The van der Waals surface area contributed by atoms with E-state index in [1.807, 2.05) is 16.7 Å². The van der Waals surface area contributed by atoms with Crippen LogP contribution in [0.25, 0.3) is 0 Å². The summed E-state index contributed by atoms with van der Waals surface area (Å²) in [5.41, 5.74) is 5.42. The van der Waals surface area contributed by atoms with Crippen LogP contribution in [-0.2, 0) is 4.79 Å². The number of carbonyl (C=O) groups is 1. The van der Waals surface area contributed by atoms with Crippen LogP contribution >= 0.6 is 24.2 Å². The van der Waals surface area contributed by atoms with Crippen molar-refractivity contribution in [3.05, 3.63) is 0 Å². The van der Waals surface area contributed by atoms with Crippen LogP contribution < -0.4 is 5.73 Å². The molecular weight excluding hydrogens is 232 g/mol. The molecular formula is C10H19ClN2OS. The zero-order chi connectivity index (χ0) is 10.4. The minimum Gasteiger partial charge on any atom is -0.339 e. The van der Waals surface area contributed by atoms with Gasteiger partial charge >= 0.3 is 0 Å². The molecule has 0 aromatic heterocycles. The van der Waals surface area contributed by atoms with E-state index in [1.54, 1.807) is 0 Å². The maximum Gasteiger partial charge on any atom is 0.242 e. The van der Waals surface area contributed by atoms with Crippen molar-refractivity contribution in [3.8, 4) is 0 Å². The van der Waals surface area contributed by atoms with Crippen molar-refractivity contribution < 1.29 is 4.79 Å². The zero-order valence-electron chi connectivity index (χ0n) is 9.28. The molecule has 15 heavy (non-hydrogen) atoms. The molecule has 0 unspecified atom stereocenters. The van der Waals surface area contributed by atoms with E-state index in [-0.39, 0.29) is 23.1 Å². The molecule has 1 saturated heterocycles. The third kappa shape index (κ3) is 2.80. The second-order valence-electron chi connectivity index (χ2n) is 4.99. The molecule has 3 nitrogen and oxygen atoms in total. The van der Waals surface area contributed by atoms with Crippen molar-refractivity contribution in [1.29, 1.82) is 0 Å². The summed E-state index contributed by atoms with van der Waals surface area (Å²) in [4.78, 5) is 13.9. The molecule has 0 aromatic rings. The van der Waals surface area contributed by atoms with E-state index in [0.29, 0.717) is 0 Å². The lowest BCUT2D eigenvalue weighted by Crippen LogP contribution is -2.52. The largest absolute Gasteiger partial charge is 0.339 e. The molecule has 1 aliphatic carbocycles. The Morgan fingerprint density at radius 1 is 1.40 bits per heavy atom. The van der Waals surface area contributed by atoms with Crippen LogP contribution in [0.15, 0.2) is 0 Å². The average molecular weight is 251 g/mol. The van der Waals surface area contributed by atoms with E-state index in [9.17, 15) is 4.79 Å². The predicted octanol–water partition coefficient (Wildman–Crippen LogP) is 1.25. The lowest BCUT2D eigenvalue weighted by Gasteiger charge is -2.38. The Balaban J connectivity index is 0.00000112. The molecule has 0 bridgehead atoms. The van der Waals surface area contributed by atoms with Gasteiger partial charge in [-0.25, -0.2) is 0 Å². The van der Waals surface area contributed by atoms with Gasteiger partial charge < -0.3 is 10.6 Å². The van der Waals surface area contributed by atoms with Crippen LogP contribution in [0.4, 0.5) is 0 Å². The molecule has 1 aliphatic heterocycles. The number of carbonyl (C=O) groups excluding carboxylic acids is 1. The van der Waals surface area contributed by atoms with Gasteiger partial charge in [-0.3, -0.25) is 4.79 Å². The van der Waals surface area contributed by atoms with Gasteiger partial charge in [-0.05, 0) is 26.7 Å². The summed E-state index contributed by atoms with van der Waals surface area (Å²) in [6.45, 7) is 6.09. The highest BCUT2D eigenvalue weighted by molar-refractivity contribution is 8.00. The molecule has 2 fully saturated rings. The Bertz CT molecular complexity index is 266. The molecule has 0 radical (unpaired) electrons. The second kappa shape index (κ2) is 4.15. The first-order valence-corrected chi connectivity index (χ1v) is 6.14. The molecule has 1 amide bonds. The number of halogens is 1. The number of nitrogens with zero attached hydrogens (tertiary/aromatic N) is 1. The maximum atomic E-state index is 12.0. The molecule has 0 aromatic carbocycles. The third-order valence-corrected chi connectivity index (χ3v) is 4.22. The monoisotopic (exact) mass is 250 g/mol. The summed E-state index contributed by atoms with van der Waals surface area (Å²) in [6.07, 6.45) is 1.74. The van der Waals surface area contributed by atoms with E-state index >= 15 is 0 Å². The van der Waals surface area contributed by atoms with Gasteiger partial charge in [0.25, 0.3) is 0 Å². The molecule has 5 heteroatoms. The van der Waals surface area contributed by atoms with Crippen molar-refractivity contribution >= 4 is 30.1 Å². The summed E-state index contributed by atoms with van der Waals surface area (Å²) < 4.78 is 0.194. The number of amides is 1. The Morgan fingerprint density at radius 3 is 2.47 bits per heavy atom. The van der Waals surface area contributed by atoms with Crippen LogP contribution in [0.3, 0.4) is 0 Å². The van der Waals surface area contributed by atoms with E-state index in [2.05, 4.69) is 13.8 Å². The molecule has 2 rings (SSSR count). The van der Waals surface area contributed by atoms with Gasteiger partial charge in [-0.1, -0.05) is 0 Å². The van der Waals surface area contributed by atoms with Gasteiger partial charge in [0.2, 0.25) is 5.91 Å². The van der Waals surface area contributed by atoms with Crippen molar-refractivity contribution in [2.75, 3.05) is 18.8 Å². The fourth-order valence-electron chi connectivity index (χ4n) is 1.85. The highest BCUT2D eigenvalue weighted by Gasteiger charge is 2.49. The fourth-order valence-corrected chi connectivity index (χ4v) is 2.96. The fraction of sp³-hybridized carbons (Fsp3) is 0.900. The minimum absolute atomic E-state index is 0. The van der Waals surface area contributed by atoms with E-state index in [4.69, 9.17) is 5.73 Å². The minimum atomic E-state index is -0.488. The van der Waals surface area contributed by atoms with Crippen LogP contribution in [0.5, 0.6) is 0 Å². The summed E-state index contributed by atoms with van der Waals surface area (Å²) in [6, 6.07) is 0. The van der Waals surface area contributed by atoms with Crippen LogP contribution in [0, 0.1) is 0 Å². The van der Waals surface area contributed by atoms with Crippen molar-refractivity contribution in [3.63, 3.8) is 0 Å². The molecule has 0 spiro atoms. The van der Waals surface area contributed by atoms with Crippen molar-refractivity contribution in [1.82, 2.24) is 4.90 Å². The van der Waals surface area contributed by atoms with Gasteiger partial charge in [0, 0.05) is 23.6 Å². The van der Waals surface area contributed by atoms with Crippen LogP contribution in [0.1, 0.15) is 26.7 Å². The van der Waals surface area contributed by atoms with Crippen LogP contribution in [-0.4, -0.2) is 39.9 Å². The summed E-state index contributed by atoms with van der Waals surface area (Å²) in [7, 11) is 0. The van der Waals surface area contributed by atoms with Gasteiger partial charge in [0.15, 0.2) is 0 Å². The SMILES string of the molecule is CC1(C)CN(C(=O)C2(N)CC2)CCS1.Cl. The Hall–Kier alpha value is 0.0700. The number of hydrogen-bond donors (Lipinski definition) is 1. The van der Waals surface area contributed by atoms with E-state index < -0.39 is 5.54 Å². The van der Waals surface area contributed by atoms with E-state index in [1.165, 1.54) is 0 Å². The van der Waals surface area contributed by atoms with Gasteiger partial charge in [-0.2, -0.15) is 11.8 Å². The summed E-state index contributed by atoms with van der Waals surface area (Å²) >= 11 is 1.94. The standard InChI is InChI=1S/C10H18N2OS.ClH/c1-9(2)7-12(5-6-14-9)8(13)10(11)3-4-10;/h3-7,11H2,1-2H3;1H. The molecule has 1 saturated carbocycles. The number of thioether (sulfide) groups is 1. The molecule has 1 heterocycles. The average Bonchev–Trinajstić information content (AvgIpc) is 2.82. The normalized spacial score (nSPS) is 26.7. The topological polar surface area (TPSA) is 46.3 Å². The smallest absolute Gasteiger partial charge is 0.242 e. The van der Waals surface area contributed by atoms with Gasteiger partial charge in [0.05, 0.1) is 5.54 Å². The quantitative estimate of drug-likeness (QED) is 0.762. The number of rotatable bonds is 1. The Kier molecular flexibility index (Phi) is 3.63. The van der Waals surface area contributed by atoms with Crippen molar-refractivity contribution in [2.45, 2.75) is 37.0 Å².